The van der Waals surface area contributed by atoms with E-state index in [-0.39, 0.29) is 22.7 Å². The minimum absolute atomic E-state index is 0.0462. The van der Waals surface area contributed by atoms with Gasteiger partial charge < -0.3 is 5.32 Å². The summed E-state index contributed by atoms with van der Waals surface area (Å²) >= 11 is 0. The van der Waals surface area contributed by atoms with Crippen molar-refractivity contribution in [2.24, 2.45) is 0 Å². The number of nitrogens with one attached hydrogen (secondary N) is 1. The van der Waals surface area contributed by atoms with Crippen LogP contribution in [0.5, 0.6) is 0 Å². The number of sulfone groups is 1. The first-order chi connectivity index (χ1) is 8.31. The number of halogens is 2. The zero-order valence-electron chi connectivity index (χ0n) is 10.2. The van der Waals surface area contributed by atoms with Gasteiger partial charge in [0, 0.05) is 12.1 Å². The lowest BCUT2D eigenvalue weighted by Gasteiger charge is -2.28. The van der Waals surface area contributed by atoms with Crippen LogP contribution in [0.2, 0.25) is 0 Å². The van der Waals surface area contributed by atoms with E-state index >= 15 is 0 Å². The van der Waals surface area contributed by atoms with E-state index in [1.165, 1.54) is 0 Å². The highest BCUT2D eigenvalue weighted by molar-refractivity contribution is 7.91. The molecule has 3 nitrogen and oxygen atoms in total. The lowest BCUT2D eigenvalue weighted by molar-refractivity contribution is 0.439. The van der Waals surface area contributed by atoms with Crippen molar-refractivity contribution >= 4 is 9.84 Å². The predicted octanol–water partition coefficient (Wildman–Crippen LogP) is 2.18. The van der Waals surface area contributed by atoms with Gasteiger partial charge in [0.25, 0.3) is 0 Å². The molecule has 0 aromatic heterocycles. The second-order valence-electron chi connectivity index (χ2n) is 4.79. The standard InChI is InChI=1S/C12H15F2NO2S/c1-7(2)15-11-3-4-18(16,17)12-6-10(14)9(13)5-8(11)12/h5-7,11,15H,3-4H2,1-2H3. The Morgan fingerprint density at radius 1 is 1.28 bits per heavy atom. The first kappa shape index (κ1) is 13.4. The molecule has 1 N–H and O–H groups in total. The fourth-order valence-corrected chi connectivity index (χ4v) is 3.81. The quantitative estimate of drug-likeness (QED) is 0.842. The van der Waals surface area contributed by atoms with Gasteiger partial charge in [-0.2, -0.15) is 0 Å². The van der Waals surface area contributed by atoms with Gasteiger partial charge in [-0.15, -0.1) is 0 Å². The maximum absolute atomic E-state index is 13.3. The minimum Gasteiger partial charge on any atom is -0.308 e. The SMILES string of the molecule is CC(C)NC1CCS(=O)(=O)c2cc(F)c(F)cc21. The fraction of sp³-hybridized carbons (Fsp3) is 0.500. The lowest BCUT2D eigenvalue weighted by atomic mass is 10.0. The van der Waals surface area contributed by atoms with Crippen molar-refractivity contribution in [3.8, 4) is 0 Å². The molecule has 2 rings (SSSR count). The van der Waals surface area contributed by atoms with Gasteiger partial charge in [-0.25, -0.2) is 17.2 Å². The van der Waals surface area contributed by atoms with E-state index < -0.39 is 21.5 Å². The van der Waals surface area contributed by atoms with Gasteiger partial charge in [0.2, 0.25) is 0 Å². The molecule has 0 saturated carbocycles. The van der Waals surface area contributed by atoms with Crippen molar-refractivity contribution in [3.05, 3.63) is 29.3 Å². The van der Waals surface area contributed by atoms with E-state index in [4.69, 9.17) is 0 Å². The molecule has 0 aliphatic carbocycles. The molecule has 0 radical (unpaired) electrons. The fourth-order valence-electron chi connectivity index (χ4n) is 2.20. The van der Waals surface area contributed by atoms with E-state index in [2.05, 4.69) is 5.32 Å². The molecule has 0 fully saturated rings. The molecule has 0 amide bonds. The highest BCUT2D eigenvalue weighted by Gasteiger charge is 2.32. The Morgan fingerprint density at radius 3 is 2.50 bits per heavy atom. The van der Waals surface area contributed by atoms with Crippen molar-refractivity contribution in [1.29, 1.82) is 0 Å². The summed E-state index contributed by atoms with van der Waals surface area (Å²) in [6.45, 7) is 3.84. The monoisotopic (exact) mass is 275 g/mol. The van der Waals surface area contributed by atoms with Crippen molar-refractivity contribution in [1.82, 2.24) is 5.32 Å². The average molecular weight is 275 g/mol. The highest BCUT2D eigenvalue weighted by Crippen LogP contribution is 2.33. The number of rotatable bonds is 2. The molecule has 0 spiro atoms. The van der Waals surface area contributed by atoms with Crippen molar-refractivity contribution in [2.75, 3.05) is 5.75 Å². The zero-order chi connectivity index (χ0) is 13.5. The smallest absolute Gasteiger partial charge is 0.178 e. The third-order valence-corrected chi connectivity index (χ3v) is 4.77. The van der Waals surface area contributed by atoms with Crippen LogP contribution >= 0.6 is 0 Å². The van der Waals surface area contributed by atoms with E-state index in [9.17, 15) is 17.2 Å². The van der Waals surface area contributed by atoms with Crippen LogP contribution in [0.1, 0.15) is 31.9 Å². The molecule has 100 valence electrons. The molecule has 1 aromatic carbocycles. The second kappa shape index (κ2) is 4.59. The first-order valence-electron chi connectivity index (χ1n) is 5.79. The summed E-state index contributed by atoms with van der Waals surface area (Å²) in [4.78, 5) is -0.0919. The molecule has 1 heterocycles. The molecule has 0 saturated heterocycles. The van der Waals surface area contributed by atoms with Crippen molar-refractivity contribution in [2.45, 2.75) is 37.2 Å². The largest absolute Gasteiger partial charge is 0.308 e. The summed E-state index contributed by atoms with van der Waals surface area (Å²) < 4.78 is 50.2. The summed E-state index contributed by atoms with van der Waals surface area (Å²) in [7, 11) is -3.50. The van der Waals surface area contributed by atoms with Gasteiger partial charge in [0.1, 0.15) is 0 Å². The topological polar surface area (TPSA) is 46.2 Å². The third kappa shape index (κ3) is 2.40. The van der Waals surface area contributed by atoms with Gasteiger partial charge in [-0.1, -0.05) is 13.8 Å². The Bertz CT molecular complexity index is 570. The van der Waals surface area contributed by atoms with Crippen LogP contribution in [-0.2, 0) is 9.84 Å². The van der Waals surface area contributed by atoms with Gasteiger partial charge in [0.15, 0.2) is 21.5 Å². The van der Waals surface area contributed by atoms with E-state index in [0.717, 1.165) is 12.1 Å². The van der Waals surface area contributed by atoms with Gasteiger partial charge in [-0.3, -0.25) is 0 Å². The summed E-state index contributed by atoms with van der Waals surface area (Å²) in [5.74, 6) is -2.18. The molecule has 0 bridgehead atoms. The van der Waals surface area contributed by atoms with Crippen LogP contribution in [0.25, 0.3) is 0 Å². The van der Waals surface area contributed by atoms with Crippen LogP contribution in [0.3, 0.4) is 0 Å². The Labute approximate surface area is 105 Å². The van der Waals surface area contributed by atoms with Crippen LogP contribution < -0.4 is 5.32 Å². The minimum atomic E-state index is -3.50. The van der Waals surface area contributed by atoms with Crippen LogP contribution in [0.4, 0.5) is 8.78 Å². The number of benzene rings is 1. The second-order valence-corrected chi connectivity index (χ2v) is 6.86. The molecular weight excluding hydrogens is 260 g/mol. The predicted molar refractivity (Wildman–Crippen MR) is 64.0 cm³/mol. The zero-order valence-corrected chi connectivity index (χ0v) is 11.0. The number of hydrogen-bond donors (Lipinski definition) is 1. The lowest BCUT2D eigenvalue weighted by Crippen LogP contribution is -2.34. The van der Waals surface area contributed by atoms with Gasteiger partial charge in [-0.05, 0) is 24.1 Å². The summed E-state index contributed by atoms with van der Waals surface area (Å²) in [6.07, 6.45) is 0.374. The summed E-state index contributed by atoms with van der Waals surface area (Å²) in [5.41, 5.74) is 0.328. The van der Waals surface area contributed by atoms with Gasteiger partial charge >= 0.3 is 0 Å². The van der Waals surface area contributed by atoms with E-state index in [1.807, 2.05) is 13.8 Å². The molecule has 1 aliphatic rings. The first-order valence-corrected chi connectivity index (χ1v) is 7.44. The molecule has 1 aromatic rings. The Kier molecular flexibility index (Phi) is 3.42. The normalized spacial score (nSPS) is 21.9. The maximum Gasteiger partial charge on any atom is 0.178 e. The number of hydrogen-bond acceptors (Lipinski definition) is 3. The summed E-state index contributed by atoms with van der Waals surface area (Å²) in [6, 6.07) is 1.66. The third-order valence-electron chi connectivity index (χ3n) is 2.97. The molecule has 6 heteroatoms. The van der Waals surface area contributed by atoms with Gasteiger partial charge in [0.05, 0.1) is 10.6 Å². The molecule has 1 unspecified atom stereocenters. The average Bonchev–Trinajstić information content (AvgIpc) is 2.25. The maximum atomic E-state index is 13.3. The van der Waals surface area contributed by atoms with Crippen LogP contribution in [-0.4, -0.2) is 20.2 Å². The Balaban J connectivity index is 2.55. The van der Waals surface area contributed by atoms with Crippen LogP contribution in [0.15, 0.2) is 17.0 Å². The van der Waals surface area contributed by atoms with Crippen molar-refractivity contribution < 1.29 is 17.2 Å². The Morgan fingerprint density at radius 2 is 1.89 bits per heavy atom. The molecule has 1 aliphatic heterocycles. The van der Waals surface area contributed by atoms with E-state index in [0.29, 0.717) is 12.0 Å². The van der Waals surface area contributed by atoms with Crippen molar-refractivity contribution in [3.63, 3.8) is 0 Å². The molecule has 18 heavy (non-hydrogen) atoms. The summed E-state index contributed by atoms with van der Waals surface area (Å²) in [5, 5.41) is 3.17. The van der Waals surface area contributed by atoms with E-state index in [1.54, 1.807) is 0 Å². The van der Waals surface area contributed by atoms with Crippen LogP contribution in [0, 0.1) is 11.6 Å². The molecule has 1 atom stereocenters. The Hall–Kier alpha value is -1.01. The molecular formula is C12H15F2NO2S. The number of fused-ring (bicyclic) bond motifs is 1. The highest BCUT2D eigenvalue weighted by atomic mass is 32.2.